The van der Waals surface area contributed by atoms with Crippen molar-refractivity contribution >= 4 is 12.1 Å². The lowest BCUT2D eigenvalue weighted by Gasteiger charge is -2.27. The number of fused-ring (bicyclic) bond motifs is 2. The van der Waals surface area contributed by atoms with Crippen molar-refractivity contribution < 1.29 is 0 Å². The van der Waals surface area contributed by atoms with E-state index in [1.807, 2.05) is 0 Å². The lowest BCUT2D eigenvalue weighted by molar-refractivity contribution is 0.331. The van der Waals surface area contributed by atoms with Crippen LogP contribution in [0, 0.1) is 11.8 Å². The summed E-state index contributed by atoms with van der Waals surface area (Å²) in [7, 11) is 0. The van der Waals surface area contributed by atoms with E-state index in [-0.39, 0.29) is 0 Å². The van der Waals surface area contributed by atoms with Crippen LogP contribution in [0.4, 0.5) is 0 Å². The number of rotatable bonds is 1. The van der Waals surface area contributed by atoms with Crippen molar-refractivity contribution in [2.75, 3.05) is 0 Å². The lowest BCUT2D eigenvalue weighted by Crippen LogP contribution is -2.23. The molecule has 2 bridgehead atoms. The van der Waals surface area contributed by atoms with Crippen LogP contribution in [0.5, 0.6) is 0 Å². The summed E-state index contributed by atoms with van der Waals surface area (Å²) in [6.07, 6.45) is 8.57. The topological polar surface area (TPSA) is 24.7 Å². The average molecular weight is 192 g/mol. The minimum Gasteiger partial charge on any atom is -0.267 e. The van der Waals surface area contributed by atoms with Gasteiger partial charge < -0.3 is 0 Å². The van der Waals surface area contributed by atoms with Crippen molar-refractivity contribution in [2.45, 2.75) is 52.0 Å². The van der Waals surface area contributed by atoms with E-state index in [9.17, 15) is 0 Å². The molecule has 2 heteroatoms. The summed E-state index contributed by atoms with van der Waals surface area (Å²) in [6.45, 7) is 4.36. The standard InChI is InChI=1S/C12H20N2/c1-9(2)12-13-7-6-10-4-3-5-11(8-10)14-12/h7,9-11H,3-6,8H2,1-2H3. The molecule has 2 aliphatic rings. The Bertz CT molecular complexity index is 253. The summed E-state index contributed by atoms with van der Waals surface area (Å²) in [5.41, 5.74) is 0. The first-order valence-corrected chi connectivity index (χ1v) is 5.86. The van der Waals surface area contributed by atoms with E-state index in [0.29, 0.717) is 12.0 Å². The smallest absolute Gasteiger partial charge is 0.125 e. The van der Waals surface area contributed by atoms with Crippen LogP contribution in [0.25, 0.3) is 0 Å². The summed E-state index contributed by atoms with van der Waals surface area (Å²) < 4.78 is 0. The number of amidine groups is 1. The van der Waals surface area contributed by atoms with E-state index in [1.54, 1.807) is 0 Å². The van der Waals surface area contributed by atoms with Gasteiger partial charge in [-0.2, -0.15) is 0 Å². The second kappa shape index (κ2) is 4.24. The number of hydrogen-bond acceptors (Lipinski definition) is 2. The Kier molecular flexibility index (Phi) is 2.99. The molecule has 0 aromatic rings. The van der Waals surface area contributed by atoms with Crippen molar-refractivity contribution in [2.24, 2.45) is 21.8 Å². The van der Waals surface area contributed by atoms with Crippen molar-refractivity contribution in [3.63, 3.8) is 0 Å². The van der Waals surface area contributed by atoms with Gasteiger partial charge in [0, 0.05) is 12.1 Å². The Balaban J connectivity index is 2.15. The Labute approximate surface area is 86.5 Å². The van der Waals surface area contributed by atoms with Crippen molar-refractivity contribution in [3.8, 4) is 0 Å². The molecule has 0 aromatic heterocycles. The second-order valence-corrected chi connectivity index (χ2v) is 4.88. The van der Waals surface area contributed by atoms with Crippen LogP contribution in [0.2, 0.25) is 0 Å². The largest absolute Gasteiger partial charge is 0.267 e. The fraction of sp³-hybridized carbons (Fsp3) is 0.833. The van der Waals surface area contributed by atoms with E-state index in [4.69, 9.17) is 4.99 Å². The summed E-state index contributed by atoms with van der Waals surface area (Å²) in [5.74, 6) is 2.40. The molecule has 1 aliphatic heterocycles. The van der Waals surface area contributed by atoms with Gasteiger partial charge in [-0.3, -0.25) is 4.99 Å². The summed E-state index contributed by atoms with van der Waals surface area (Å²) >= 11 is 0. The molecule has 2 rings (SSSR count). The Morgan fingerprint density at radius 3 is 3.00 bits per heavy atom. The zero-order valence-corrected chi connectivity index (χ0v) is 9.24. The highest BCUT2D eigenvalue weighted by atomic mass is 14.9. The molecule has 0 spiro atoms. The van der Waals surface area contributed by atoms with Gasteiger partial charge in [-0.05, 0) is 31.6 Å². The molecular formula is C12H20N2. The van der Waals surface area contributed by atoms with Crippen LogP contribution in [-0.4, -0.2) is 18.1 Å². The van der Waals surface area contributed by atoms with Crippen LogP contribution in [-0.2, 0) is 0 Å². The highest BCUT2D eigenvalue weighted by Gasteiger charge is 2.23. The minimum absolute atomic E-state index is 0.477. The van der Waals surface area contributed by atoms with Gasteiger partial charge in [0.2, 0.25) is 0 Å². The first-order valence-electron chi connectivity index (χ1n) is 5.86. The second-order valence-electron chi connectivity index (χ2n) is 4.88. The molecule has 2 unspecified atom stereocenters. The molecule has 1 fully saturated rings. The third-order valence-electron chi connectivity index (χ3n) is 3.25. The van der Waals surface area contributed by atoms with Crippen LogP contribution in [0.15, 0.2) is 9.98 Å². The van der Waals surface area contributed by atoms with E-state index in [2.05, 4.69) is 25.1 Å². The zero-order chi connectivity index (χ0) is 9.97. The maximum atomic E-state index is 4.77. The molecule has 0 amide bonds. The number of hydrogen-bond donors (Lipinski definition) is 0. The minimum atomic E-state index is 0.477. The molecular weight excluding hydrogens is 172 g/mol. The molecule has 0 aromatic carbocycles. The number of aliphatic imine (C=N–C) groups is 2. The molecule has 78 valence electrons. The van der Waals surface area contributed by atoms with Gasteiger partial charge in [0.15, 0.2) is 0 Å². The highest BCUT2D eigenvalue weighted by Crippen LogP contribution is 2.29. The third kappa shape index (κ3) is 2.23. The average Bonchev–Trinajstić information content (AvgIpc) is 2.14. The lowest BCUT2D eigenvalue weighted by atomic mass is 9.84. The molecule has 0 N–H and O–H groups in total. The predicted molar refractivity (Wildman–Crippen MR) is 61.1 cm³/mol. The Morgan fingerprint density at radius 2 is 2.21 bits per heavy atom. The maximum Gasteiger partial charge on any atom is 0.125 e. The summed E-state index contributed by atoms with van der Waals surface area (Å²) in [5, 5.41) is 0. The molecule has 1 heterocycles. The van der Waals surface area contributed by atoms with E-state index in [0.717, 1.165) is 11.8 Å². The third-order valence-corrected chi connectivity index (χ3v) is 3.25. The Hall–Kier alpha value is -0.660. The first-order chi connectivity index (χ1) is 6.75. The van der Waals surface area contributed by atoms with Gasteiger partial charge in [0.05, 0.1) is 6.04 Å². The normalized spacial score (nSPS) is 32.4. The van der Waals surface area contributed by atoms with Crippen LogP contribution < -0.4 is 0 Å². The van der Waals surface area contributed by atoms with Crippen LogP contribution >= 0.6 is 0 Å². The van der Waals surface area contributed by atoms with E-state index >= 15 is 0 Å². The monoisotopic (exact) mass is 192 g/mol. The predicted octanol–water partition coefficient (Wildman–Crippen LogP) is 3.07. The quantitative estimate of drug-likeness (QED) is 0.610. The SMILES string of the molecule is CC(C)C1=NC2CCCC(CC=N1)C2. The summed E-state index contributed by atoms with van der Waals surface area (Å²) in [4.78, 5) is 9.26. The van der Waals surface area contributed by atoms with Gasteiger partial charge in [-0.25, -0.2) is 4.99 Å². The van der Waals surface area contributed by atoms with Gasteiger partial charge >= 0.3 is 0 Å². The van der Waals surface area contributed by atoms with Gasteiger partial charge in [0.25, 0.3) is 0 Å². The summed E-state index contributed by atoms with van der Waals surface area (Å²) in [6, 6.07) is 0.573. The molecule has 0 saturated heterocycles. The number of nitrogens with zero attached hydrogens (tertiary/aromatic N) is 2. The van der Waals surface area contributed by atoms with Gasteiger partial charge in [-0.15, -0.1) is 0 Å². The van der Waals surface area contributed by atoms with Gasteiger partial charge in [-0.1, -0.05) is 20.3 Å². The molecule has 0 radical (unpaired) electrons. The zero-order valence-electron chi connectivity index (χ0n) is 9.24. The van der Waals surface area contributed by atoms with Gasteiger partial charge in [0.1, 0.15) is 5.84 Å². The highest BCUT2D eigenvalue weighted by molar-refractivity contribution is 5.91. The first kappa shape index (κ1) is 9.88. The van der Waals surface area contributed by atoms with Crippen LogP contribution in [0.1, 0.15) is 46.0 Å². The Morgan fingerprint density at radius 1 is 1.36 bits per heavy atom. The van der Waals surface area contributed by atoms with Crippen molar-refractivity contribution in [1.82, 2.24) is 0 Å². The van der Waals surface area contributed by atoms with E-state index in [1.165, 1.54) is 32.1 Å². The molecule has 2 atom stereocenters. The molecule has 1 saturated carbocycles. The fourth-order valence-electron chi connectivity index (χ4n) is 2.41. The van der Waals surface area contributed by atoms with Crippen LogP contribution in [0.3, 0.4) is 0 Å². The van der Waals surface area contributed by atoms with E-state index < -0.39 is 0 Å². The maximum absolute atomic E-state index is 4.77. The molecule has 1 aliphatic carbocycles. The van der Waals surface area contributed by atoms with Crippen molar-refractivity contribution in [1.29, 1.82) is 0 Å². The molecule has 2 nitrogen and oxygen atoms in total. The fourth-order valence-corrected chi connectivity index (χ4v) is 2.41. The molecule has 14 heavy (non-hydrogen) atoms. The van der Waals surface area contributed by atoms with Crippen molar-refractivity contribution in [3.05, 3.63) is 0 Å².